The fourth-order valence-corrected chi connectivity index (χ4v) is 4.25. The Kier molecular flexibility index (Phi) is 3.83. The van der Waals surface area contributed by atoms with Gasteiger partial charge in [-0.05, 0) is 48.8 Å². The molecule has 2 aliphatic carbocycles. The van der Waals surface area contributed by atoms with Crippen LogP contribution in [0.5, 0.6) is 0 Å². The third-order valence-corrected chi connectivity index (χ3v) is 5.96. The Hall–Kier alpha value is -0.930. The first-order valence-electron chi connectivity index (χ1n) is 7.30. The van der Waals surface area contributed by atoms with E-state index in [2.05, 4.69) is 19.2 Å². The molecule has 0 spiro atoms. The Morgan fingerprint density at radius 3 is 2.62 bits per heavy atom. The van der Waals surface area contributed by atoms with Crippen molar-refractivity contribution in [3.8, 4) is 0 Å². The number of hydrogen-bond donors (Lipinski definition) is 1. The minimum absolute atomic E-state index is 0.0292. The van der Waals surface area contributed by atoms with E-state index in [4.69, 9.17) is 27.9 Å². The zero-order valence-corrected chi connectivity index (χ0v) is 13.7. The van der Waals surface area contributed by atoms with Crippen molar-refractivity contribution in [1.82, 2.24) is 0 Å². The van der Waals surface area contributed by atoms with Crippen molar-refractivity contribution in [2.75, 3.05) is 5.32 Å². The molecule has 0 heterocycles. The Balaban J connectivity index is 1.61. The first kappa shape index (κ1) is 15.0. The van der Waals surface area contributed by atoms with E-state index in [1.165, 1.54) is 6.42 Å². The van der Waals surface area contributed by atoms with Gasteiger partial charge in [0.25, 0.3) is 0 Å². The molecule has 1 N–H and O–H groups in total. The fourth-order valence-electron chi connectivity index (χ4n) is 3.95. The van der Waals surface area contributed by atoms with Gasteiger partial charge < -0.3 is 4.74 Å². The Labute approximate surface area is 135 Å². The van der Waals surface area contributed by atoms with Crippen molar-refractivity contribution in [2.45, 2.75) is 39.2 Å². The molecule has 0 aromatic heterocycles. The van der Waals surface area contributed by atoms with E-state index in [-0.39, 0.29) is 11.5 Å². The lowest BCUT2D eigenvalue weighted by atomic mass is 9.82. The van der Waals surface area contributed by atoms with Gasteiger partial charge >= 0.3 is 6.09 Å². The summed E-state index contributed by atoms with van der Waals surface area (Å²) in [5.41, 5.74) is 0.881. The lowest BCUT2D eigenvalue weighted by Gasteiger charge is -2.26. The number of anilines is 1. The second-order valence-electron chi connectivity index (χ2n) is 6.64. The number of rotatable bonds is 2. The van der Waals surface area contributed by atoms with Gasteiger partial charge in [-0.15, -0.1) is 0 Å². The van der Waals surface area contributed by atoms with Gasteiger partial charge in [0.15, 0.2) is 0 Å². The average Bonchev–Trinajstić information content (AvgIpc) is 2.82. The summed E-state index contributed by atoms with van der Waals surface area (Å²) in [4.78, 5) is 12.0. The van der Waals surface area contributed by atoms with Crippen molar-refractivity contribution in [1.29, 1.82) is 0 Å². The largest absolute Gasteiger partial charge is 0.446 e. The fraction of sp³-hybridized carbons (Fsp3) is 0.562. The number of halogens is 2. The first-order valence-corrected chi connectivity index (χ1v) is 8.06. The van der Waals surface area contributed by atoms with Gasteiger partial charge in [0.05, 0.1) is 10.0 Å². The molecule has 21 heavy (non-hydrogen) atoms. The average molecular weight is 328 g/mol. The molecule has 2 fully saturated rings. The number of hydrogen-bond acceptors (Lipinski definition) is 2. The van der Waals surface area contributed by atoms with Crippen molar-refractivity contribution in [3.63, 3.8) is 0 Å². The normalized spacial score (nSPS) is 29.4. The van der Waals surface area contributed by atoms with Crippen molar-refractivity contribution < 1.29 is 9.53 Å². The molecule has 1 aromatic rings. The van der Waals surface area contributed by atoms with Gasteiger partial charge in [-0.25, -0.2) is 4.79 Å². The minimum Gasteiger partial charge on any atom is -0.446 e. The Bertz CT molecular complexity index is 573. The van der Waals surface area contributed by atoms with Crippen LogP contribution in [0.2, 0.25) is 10.0 Å². The molecule has 1 amide bonds. The highest BCUT2D eigenvalue weighted by molar-refractivity contribution is 6.42. The second kappa shape index (κ2) is 5.36. The van der Waals surface area contributed by atoms with Gasteiger partial charge in [0.2, 0.25) is 0 Å². The summed E-state index contributed by atoms with van der Waals surface area (Å²) in [7, 11) is 0. The molecule has 2 bridgehead atoms. The van der Waals surface area contributed by atoms with E-state index in [9.17, 15) is 4.79 Å². The van der Waals surface area contributed by atoms with Gasteiger partial charge in [0.1, 0.15) is 6.10 Å². The maximum Gasteiger partial charge on any atom is 0.411 e. The first-order chi connectivity index (χ1) is 9.88. The number of ether oxygens (including phenoxy) is 1. The molecule has 3 rings (SSSR count). The van der Waals surface area contributed by atoms with E-state index >= 15 is 0 Å². The quantitative estimate of drug-likeness (QED) is 0.793. The molecular weight excluding hydrogens is 309 g/mol. The Morgan fingerprint density at radius 2 is 2.05 bits per heavy atom. The monoisotopic (exact) mass is 327 g/mol. The number of carbonyl (C=O) groups is 1. The van der Waals surface area contributed by atoms with Crippen molar-refractivity contribution in [2.24, 2.45) is 17.3 Å². The van der Waals surface area contributed by atoms with Gasteiger partial charge in [-0.3, -0.25) is 5.32 Å². The van der Waals surface area contributed by atoms with Crippen LogP contribution in [0.3, 0.4) is 0 Å². The van der Waals surface area contributed by atoms with Gasteiger partial charge in [0, 0.05) is 11.6 Å². The predicted molar refractivity (Wildman–Crippen MR) is 85.0 cm³/mol. The summed E-state index contributed by atoms with van der Waals surface area (Å²) in [5.74, 6) is 1.15. The highest BCUT2D eigenvalue weighted by Gasteiger charge is 2.54. The van der Waals surface area contributed by atoms with Crippen LogP contribution in [0.15, 0.2) is 18.2 Å². The number of benzene rings is 1. The molecule has 3 nitrogen and oxygen atoms in total. The Morgan fingerprint density at radius 1 is 1.29 bits per heavy atom. The molecular formula is C16H19Cl2NO2. The zero-order chi connectivity index (χ0) is 15.2. The maximum absolute atomic E-state index is 12.0. The molecule has 2 aliphatic rings. The molecule has 1 aromatic carbocycles. The number of fused-ring (bicyclic) bond motifs is 2. The summed E-state index contributed by atoms with van der Waals surface area (Å²) in [5, 5.41) is 3.60. The third-order valence-electron chi connectivity index (χ3n) is 5.22. The lowest BCUT2D eigenvalue weighted by molar-refractivity contribution is 0.0642. The van der Waals surface area contributed by atoms with Crippen LogP contribution < -0.4 is 5.32 Å². The van der Waals surface area contributed by atoms with Crippen LogP contribution in [0, 0.1) is 17.3 Å². The van der Waals surface area contributed by atoms with Crippen molar-refractivity contribution in [3.05, 3.63) is 28.2 Å². The van der Waals surface area contributed by atoms with E-state index in [0.717, 1.165) is 12.8 Å². The maximum atomic E-state index is 12.0. The smallest absolute Gasteiger partial charge is 0.411 e. The SMILES string of the molecule is CC1(C)[C@H]2CC[C@@H]1[C@H](OC(=O)Nc1ccc(Cl)c(Cl)c1)C2. The summed E-state index contributed by atoms with van der Waals surface area (Å²) >= 11 is 11.8. The number of nitrogens with one attached hydrogen (secondary N) is 1. The predicted octanol–water partition coefficient (Wildman–Crippen LogP) is 5.37. The topological polar surface area (TPSA) is 38.3 Å². The van der Waals surface area contributed by atoms with Gasteiger partial charge in [-0.2, -0.15) is 0 Å². The third kappa shape index (κ3) is 2.74. The molecule has 0 unspecified atom stereocenters. The second-order valence-corrected chi connectivity index (χ2v) is 7.45. The minimum atomic E-state index is -0.415. The van der Waals surface area contributed by atoms with Crippen LogP contribution in [0.4, 0.5) is 10.5 Å². The lowest BCUT2D eigenvalue weighted by Crippen LogP contribution is -2.29. The van der Waals surface area contributed by atoms with E-state index in [1.54, 1.807) is 18.2 Å². The summed E-state index contributed by atoms with van der Waals surface area (Å²) in [6.45, 7) is 4.57. The zero-order valence-electron chi connectivity index (χ0n) is 12.2. The van der Waals surface area contributed by atoms with E-state index in [1.807, 2.05) is 0 Å². The van der Waals surface area contributed by atoms with Crippen LogP contribution >= 0.6 is 23.2 Å². The van der Waals surface area contributed by atoms with Crippen LogP contribution in [-0.4, -0.2) is 12.2 Å². The summed E-state index contributed by atoms with van der Waals surface area (Å²) in [6.07, 6.45) is 3.00. The molecule has 0 aliphatic heterocycles. The molecule has 5 heteroatoms. The summed E-state index contributed by atoms with van der Waals surface area (Å²) < 4.78 is 5.63. The molecule has 2 saturated carbocycles. The highest BCUT2D eigenvalue weighted by Crippen LogP contribution is 2.58. The van der Waals surface area contributed by atoms with Crippen LogP contribution in [0.1, 0.15) is 33.1 Å². The van der Waals surface area contributed by atoms with Crippen molar-refractivity contribution >= 4 is 35.0 Å². The molecule has 114 valence electrons. The number of amides is 1. The number of carbonyl (C=O) groups excluding carboxylic acids is 1. The molecule has 0 radical (unpaired) electrons. The van der Waals surface area contributed by atoms with Crippen LogP contribution in [-0.2, 0) is 4.74 Å². The van der Waals surface area contributed by atoms with Crippen LogP contribution in [0.25, 0.3) is 0 Å². The van der Waals surface area contributed by atoms with E-state index in [0.29, 0.717) is 27.6 Å². The van der Waals surface area contributed by atoms with E-state index < -0.39 is 6.09 Å². The summed E-state index contributed by atoms with van der Waals surface area (Å²) in [6, 6.07) is 4.98. The molecule has 0 saturated heterocycles. The highest BCUT2D eigenvalue weighted by atomic mass is 35.5. The molecule has 3 atom stereocenters. The van der Waals surface area contributed by atoms with Gasteiger partial charge in [-0.1, -0.05) is 37.0 Å². The standard InChI is InChI=1S/C16H19Cl2NO2/c1-16(2)9-3-5-11(16)14(7-9)21-15(20)19-10-4-6-12(17)13(18)8-10/h4,6,8-9,11,14H,3,5,7H2,1-2H3,(H,19,20)/t9-,11+,14+/m0/s1.